The van der Waals surface area contributed by atoms with Crippen molar-refractivity contribution in [2.24, 2.45) is 5.92 Å². The highest BCUT2D eigenvalue weighted by Gasteiger charge is 2.32. The molecule has 1 saturated heterocycles. The molecule has 2 aliphatic heterocycles. The minimum absolute atomic E-state index is 0.0376. The lowest BCUT2D eigenvalue weighted by Gasteiger charge is -2.37. The summed E-state index contributed by atoms with van der Waals surface area (Å²) in [5.74, 6) is 2.88. The smallest absolute Gasteiger partial charge is 0.233 e. The Morgan fingerprint density at radius 1 is 1.00 bits per heavy atom. The van der Waals surface area contributed by atoms with E-state index in [1.54, 1.807) is 27.4 Å². The number of benzene rings is 1. The van der Waals surface area contributed by atoms with Gasteiger partial charge >= 0.3 is 0 Å². The Labute approximate surface area is 176 Å². The zero-order valence-corrected chi connectivity index (χ0v) is 17.8. The van der Waals surface area contributed by atoms with Crippen molar-refractivity contribution in [3.63, 3.8) is 0 Å². The molecule has 0 spiro atoms. The van der Waals surface area contributed by atoms with Crippen molar-refractivity contribution < 1.29 is 19.0 Å². The number of amides is 1. The summed E-state index contributed by atoms with van der Waals surface area (Å²) in [5.41, 5.74) is 2.34. The van der Waals surface area contributed by atoms with Gasteiger partial charge in [0.1, 0.15) is 0 Å². The van der Waals surface area contributed by atoms with E-state index in [4.69, 9.17) is 14.2 Å². The minimum atomic E-state index is -0.0376. The average molecular weight is 412 g/mol. The third-order valence-corrected chi connectivity index (χ3v) is 5.96. The fraction of sp³-hybridized carbons (Fsp3) is 0.500. The Morgan fingerprint density at radius 2 is 1.77 bits per heavy atom. The van der Waals surface area contributed by atoms with Crippen molar-refractivity contribution in [1.82, 2.24) is 15.1 Å². The van der Waals surface area contributed by atoms with Crippen molar-refractivity contribution in [3.05, 3.63) is 35.4 Å². The van der Waals surface area contributed by atoms with Crippen LogP contribution in [0.3, 0.4) is 0 Å². The second-order valence-electron chi connectivity index (χ2n) is 7.70. The topological polar surface area (TPSA) is 77.0 Å². The molecule has 0 saturated carbocycles. The van der Waals surface area contributed by atoms with Crippen LogP contribution in [0.1, 0.15) is 24.0 Å². The van der Waals surface area contributed by atoms with E-state index in [1.165, 1.54) is 5.56 Å². The zero-order chi connectivity index (χ0) is 21.1. The van der Waals surface area contributed by atoms with Crippen LogP contribution in [-0.2, 0) is 17.8 Å². The summed E-state index contributed by atoms with van der Waals surface area (Å²) >= 11 is 0. The third-order valence-electron chi connectivity index (χ3n) is 5.96. The molecule has 8 nitrogen and oxygen atoms in total. The van der Waals surface area contributed by atoms with Gasteiger partial charge in [-0.1, -0.05) is 0 Å². The molecule has 1 aromatic carbocycles. The van der Waals surface area contributed by atoms with E-state index in [2.05, 4.69) is 15.1 Å². The quantitative estimate of drug-likeness (QED) is 0.746. The molecule has 1 amide bonds. The lowest BCUT2D eigenvalue weighted by atomic mass is 9.93. The second kappa shape index (κ2) is 8.77. The van der Waals surface area contributed by atoms with Gasteiger partial charge in [-0.2, -0.15) is 0 Å². The molecule has 0 radical (unpaired) electrons. The van der Waals surface area contributed by atoms with Gasteiger partial charge in [-0.25, -0.2) is 0 Å². The highest BCUT2D eigenvalue weighted by atomic mass is 16.5. The average Bonchev–Trinajstić information content (AvgIpc) is 2.82. The highest BCUT2D eigenvalue weighted by Crippen LogP contribution is 2.34. The maximum atomic E-state index is 13.3. The van der Waals surface area contributed by atoms with Crippen LogP contribution in [0.5, 0.6) is 17.4 Å². The lowest BCUT2D eigenvalue weighted by Crippen LogP contribution is -2.46. The van der Waals surface area contributed by atoms with E-state index in [-0.39, 0.29) is 11.8 Å². The van der Waals surface area contributed by atoms with E-state index in [0.29, 0.717) is 24.7 Å². The Hall–Kier alpha value is -3.03. The van der Waals surface area contributed by atoms with E-state index >= 15 is 0 Å². The van der Waals surface area contributed by atoms with Crippen LogP contribution in [0.4, 0.5) is 5.82 Å². The van der Waals surface area contributed by atoms with Crippen molar-refractivity contribution in [2.45, 2.75) is 25.8 Å². The van der Waals surface area contributed by atoms with Crippen LogP contribution >= 0.6 is 0 Å². The van der Waals surface area contributed by atoms with Gasteiger partial charge in [0.15, 0.2) is 17.3 Å². The maximum Gasteiger partial charge on any atom is 0.233 e. The Morgan fingerprint density at radius 3 is 2.43 bits per heavy atom. The summed E-state index contributed by atoms with van der Waals surface area (Å²) in [5, 5.41) is 8.30. The number of hydrogen-bond acceptors (Lipinski definition) is 7. The number of aromatic nitrogens is 2. The van der Waals surface area contributed by atoms with Crippen molar-refractivity contribution in [1.29, 1.82) is 0 Å². The van der Waals surface area contributed by atoms with Crippen LogP contribution in [0, 0.1) is 5.92 Å². The first kappa shape index (κ1) is 20.3. The molecular weight excluding hydrogens is 384 g/mol. The first-order chi connectivity index (χ1) is 14.6. The normalized spacial score (nSPS) is 18.6. The van der Waals surface area contributed by atoms with E-state index in [9.17, 15) is 4.79 Å². The Balaban J connectivity index is 1.45. The Kier molecular flexibility index (Phi) is 5.92. The lowest BCUT2D eigenvalue weighted by molar-refractivity contribution is -0.136. The fourth-order valence-electron chi connectivity index (χ4n) is 4.31. The molecule has 0 aliphatic carbocycles. The van der Waals surface area contributed by atoms with Gasteiger partial charge < -0.3 is 24.0 Å². The molecule has 4 rings (SSSR count). The molecule has 1 atom stereocenters. The molecule has 3 heterocycles. The fourth-order valence-corrected chi connectivity index (χ4v) is 4.31. The second-order valence-corrected chi connectivity index (χ2v) is 7.70. The number of methoxy groups -OCH3 is 3. The van der Waals surface area contributed by atoms with Crippen LogP contribution in [-0.4, -0.2) is 62.0 Å². The van der Waals surface area contributed by atoms with Crippen molar-refractivity contribution >= 4 is 11.7 Å². The van der Waals surface area contributed by atoms with Gasteiger partial charge in [-0.05, 0) is 48.6 Å². The summed E-state index contributed by atoms with van der Waals surface area (Å²) < 4.78 is 15.9. The molecule has 2 aliphatic rings. The van der Waals surface area contributed by atoms with Gasteiger partial charge in [0.05, 0.1) is 27.2 Å². The number of ether oxygens (including phenoxy) is 3. The van der Waals surface area contributed by atoms with Crippen LogP contribution in [0.15, 0.2) is 24.3 Å². The maximum absolute atomic E-state index is 13.3. The van der Waals surface area contributed by atoms with Crippen LogP contribution in [0.2, 0.25) is 0 Å². The summed E-state index contributed by atoms with van der Waals surface area (Å²) in [6.45, 7) is 2.87. The molecule has 0 bridgehead atoms. The summed E-state index contributed by atoms with van der Waals surface area (Å²) in [4.78, 5) is 17.4. The number of fused-ring (bicyclic) bond motifs is 1. The van der Waals surface area contributed by atoms with Crippen LogP contribution in [0.25, 0.3) is 0 Å². The largest absolute Gasteiger partial charge is 0.493 e. The predicted molar refractivity (Wildman–Crippen MR) is 112 cm³/mol. The molecule has 30 heavy (non-hydrogen) atoms. The van der Waals surface area contributed by atoms with Crippen molar-refractivity contribution in [2.75, 3.05) is 45.9 Å². The number of rotatable bonds is 5. The van der Waals surface area contributed by atoms with Gasteiger partial charge in [0.2, 0.25) is 11.8 Å². The number of hydrogen-bond donors (Lipinski definition) is 0. The summed E-state index contributed by atoms with van der Waals surface area (Å²) in [7, 11) is 4.85. The number of nitrogens with zero attached hydrogens (tertiary/aromatic N) is 4. The first-order valence-corrected chi connectivity index (χ1v) is 10.3. The number of piperidine rings is 1. The molecular formula is C22H28N4O4. The van der Waals surface area contributed by atoms with Crippen molar-refractivity contribution in [3.8, 4) is 17.4 Å². The molecule has 1 fully saturated rings. The van der Waals surface area contributed by atoms with Crippen LogP contribution < -0.4 is 19.1 Å². The predicted octanol–water partition coefficient (Wildman–Crippen LogP) is 2.30. The molecule has 1 aromatic heterocycles. The molecule has 0 unspecified atom stereocenters. The van der Waals surface area contributed by atoms with Gasteiger partial charge in [0.25, 0.3) is 0 Å². The molecule has 8 heteroatoms. The molecule has 2 aromatic rings. The van der Waals surface area contributed by atoms with E-state index in [0.717, 1.165) is 49.5 Å². The number of anilines is 1. The molecule has 0 N–H and O–H groups in total. The number of carbonyl (C=O) groups excluding carboxylic acids is 1. The molecule has 160 valence electrons. The van der Waals surface area contributed by atoms with Gasteiger partial charge in [-0.15, -0.1) is 10.2 Å². The highest BCUT2D eigenvalue weighted by molar-refractivity contribution is 5.80. The SMILES string of the molecule is COc1ccc(N2CCC[C@H](C(=O)N3CCc4cc(OC)c(OC)cc4C3)C2)nn1. The van der Waals surface area contributed by atoms with E-state index < -0.39 is 0 Å². The van der Waals surface area contributed by atoms with E-state index in [1.807, 2.05) is 23.1 Å². The van der Waals surface area contributed by atoms with Gasteiger partial charge in [-0.3, -0.25) is 4.79 Å². The van der Waals surface area contributed by atoms with Gasteiger partial charge in [0, 0.05) is 32.2 Å². The third kappa shape index (κ3) is 3.99. The first-order valence-electron chi connectivity index (χ1n) is 10.3. The monoisotopic (exact) mass is 412 g/mol. The zero-order valence-electron chi connectivity index (χ0n) is 17.8. The minimum Gasteiger partial charge on any atom is -0.493 e. The summed E-state index contributed by atoms with van der Waals surface area (Å²) in [6.07, 6.45) is 2.68. The Bertz CT molecular complexity index is 903. The standard InChI is InChI=1S/C22H28N4O4/c1-28-18-11-15-8-10-26(14-17(15)12-19(18)29-2)22(27)16-5-4-9-25(13-16)20-6-7-21(30-3)24-23-20/h6-7,11-12,16H,4-5,8-10,13-14H2,1-3H3/t16-/m0/s1. The number of carbonyl (C=O) groups is 1. The summed E-state index contributed by atoms with van der Waals surface area (Å²) in [6, 6.07) is 7.72.